The van der Waals surface area contributed by atoms with Gasteiger partial charge in [0.1, 0.15) is 6.04 Å². The first-order valence-corrected chi connectivity index (χ1v) is 12.7. The van der Waals surface area contributed by atoms with Crippen molar-refractivity contribution in [2.45, 2.75) is 50.6 Å². The Morgan fingerprint density at radius 2 is 1.71 bits per heavy atom. The minimum atomic E-state index is -0.586. The summed E-state index contributed by atoms with van der Waals surface area (Å²) in [6.07, 6.45) is 5.40. The third-order valence-electron chi connectivity index (χ3n) is 5.78. The molecule has 1 aliphatic carbocycles. The molecule has 1 aliphatic rings. The summed E-state index contributed by atoms with van der Waals surface area (Å²) in [5, 5.41) is 7.20. The molecule has 0 bridgehead atoms. The maximum atomic E-state index is 13.5. The largest absolute Gasteiger partial charge is 0.351 e. The van der Waals surface area contributed by atoms with E-state index < -0.39 is 6.04 Å². The number of nitrogens with zero attached hydrogens (tertiary/aromatic N) is 1. The third-order valence-corrected chi connectivity index (χ3v) is 7.59. The number of carbonyl (C=O) groups excluding carboxylic acids is 2. The fourth-order valence-corrected chi connectivity index (χ4v) is 5.71. The molecule has 2 heterocycles. The average molecular weight is 453 g/mol. The van der Waals surface area contributed by atoms with Gasteiger partial charge < -0.3 is 10.2 Å². The highest BCUT2D eigenvalue weighted by Crippen LogP contribution is 2.28. The summed E-state index contributed by atoms with van der Waals surface area (Å²) in [7, 11) is 0. The number of hydrogen-bond acceptors (Lipinski definition) is 4. The number of nitrogens with one attached hydrogen (secondary N) is 1. The molecule has 0 saturated heterocycles. The predicted octanol–water partition coefficient (Wildman–Crippen LogP) is 5.22. The van der Waals surface area contributed by atoms with Crippen LogP contribution in [0.25, 0.3) is 0 Å². The van der Waals surface area contributed by atoms with E-state index in [1.165, 1.54) is 0 Å². The zero-order valence-corrected chi connectivity index (χ0v) is 19.2. The van der Waals surface area contributed by atoms with Crippen LogP contribution in [0.5, 0.6) is 0 Å². The molecule has 0 radical (unpaired) electrons. The van der Waals surface area contributed by atoms with Gasteiger partial charge >= 0.3 is 0 Å². The first-order chi connectivity index (χ1) is 15.2. The second-order valence-electron chi connectivity index (χ2n) is 7.99. The van der Waals surface area contributed by atoms with Crippen LogP contribution in [-0.2, 0) is 22.4 Å². The fraction of sp³-hybridized carbons (Fsp3) is 0.360. The van der Waals surface area contributed by atoms with Crippen LogP contribution >= 0.6 is 22.7 Å². The van der Waals surface area contributed by atoms with Crippen LogP contribution in [0.1, 0.15) is 47.0 Å². The highest BCUT2D eigenvalue weighted by atomic mass is 32.1. The Kier molecular flexibility index (Phi) is 7.54. The Labute approximate surface area is 191 Å². The van der Waals surface area contributed by atoms with Crippen molar-refractivity contribution < 1.29 is 9.59 Å². The van der Waals surface area contributed by atoms with E-state index in [2.05, 4.69) is 17.4 Å². The summed E-state index contributed by atoms with van der Waals surface area (Å²) >= 11 is 3.12. The summed E-state index contributed by atoms with van der Waals surface area (Å²) in [4.78, 5) is 30.7. The Bertz CT molecular complexity index is 949. The molecule has 2 amide bonds. The SMILES string of the molecule is O=C(NC1CCCC1)C(c1cccs1)N(CCc1ccccc1)C(=O)Cc1cccs1. The van der Waals surface area contributed by atoms with Crippen LogP contribution in [0.3, 0.4) is 0 Å². The molecule has 3 aromatic rings. The quantitative estimate of drug-likeness (QED) is 0.484. The number of benzene rings is 1. The second-order valence-corrected chi connectivity index (χ2v) is 10.00. The average Bonchev–Trinajstić information content (AvgIpc) is 3.55. The minimum absolute atomic E-state index is 0.00152. The molecule has 0 spiro atoms. The normalized spacial score (nSPS) is 15.0. The Balaban J connectivity index is 1.59. The van der Waals surface area contributed by atoms with Gasteiger partial charge in [0.05, 0.1) is 6.42 Å². The molecule has 1 fully saturated rings. The highest BCUT2D eigenvalue weighted by molar-refractivity contribution is 7.10. The summed E-state index contributed by atoms with van der Waals surface area (Å²) in [5.74, 6) is -0.0553. The van der Waals surface area contributed by atoms with Gasteiger partial charge in [0.25, 0.3) is 0 Å². The molecule has 31 heavy (non-hydrogen) atoms. The Morgan fingerprint density at radius 1 is 0.968 bits per heavy atom. The van der Waals surface area contributed by atoms with Gasteiger partial charge in [0, 0.05) is 22.3 Å². The standard InChI is InChI=1S/C25H28N2O2S2/c28-23(18-21-12-6-16-30-21)27(15-14-19-8-2-1-3-9-19)24(22-13-7-17-31-22)25(29)26-20-10-4-5-11-20/h1-3,6-9,12-13,16-17,20,24H,4-5,10-11,14-15,18H2,(H,26,29). The van der Waals surface area contributed by atoms with Crippen molar-refractivity contribution in [2.75, 3.05) is 6.54 Å². The lowest BCUT2D eigenvalue weighted by Gasteiger charge is -2.31. The molecular weight excluding hydrogens is 424 g/mol. The van der Waals surface area contributed by atoms with Crippen LogP contribution < -0.4 is 5.32 Å². The van der Waals surface area contributed by atoms with Crippen molar-refractivity contribution in [2.24, 2.45) is 0 Å². The fourth-order valence-electron chi connectivity index (χ4n) is 4.18. The summed E-state index contributed by atoms with van der Waals surface area (Å²) in [6, 6.07) is 17.7. The van der Waals surface area contributed by atoms with Crippen molar-refractivity contribution in [3.63, 3.8) is 0 Å². The van der Waals surface area contributed by atoms with E-state index in [0.29, 0.717) is 13.0 Å². The first-order valence-electron chi connectivity index (χ1n) is 10.9. The van der Waals surface area contributed by atoms with E-state index in [4.69, 9.17) is 0 Å². The predicted molar refractivity (Wildman–Crippen MR) is 127 cm³/mol. The van der Waals surface area contributed by atoms with Crippen molar-refractivity contribution in [1.82, 2.24) is 10.2 Å². The second kappa shape index (κ2) is 10.7. The minimum Gasteiger partial charge on any atom is -0.351 e. The van der Waals surface area contributed by atoms with Crippen LogP contribution in [0.4, 0.5) is 0 Å². The van der Waals surface area contributed by atoms with E-state index >= 15 is 0 Å². The number of thiophene rings is 2. The Hall–Kier alpha value is -2.44. The van der Waals surface area contributed by atoms with Crippen molar-refractivity contribution >= 4 is 34.5 Å². The van der Waals surface area contributed by atoms with E-state index in [-0.39, 0.29) is 17.9 Å². The molecule has 2 aromatic heterocycles. The van der Waals surface area contributed by atoms with E-state index in [9.17, 15) is 9.59 Å². The summed E-state index contributed by atoms with van der Waals surface area (Å²) in [6.45, 7) is 0.509. The van der Waals surface area contributed by atoms with Crippen LogP contribution in [0.2, 0.25) is 0 Å². The monoisotopic (exact) mass is 452 g/mol. The molecule has 6 heteroatoms. The van der Waals surface area contributed by atoms with Gasteiger partial charge in [-0.15, -0.1) is 22.7 Å². The van der Waals surface area contributed by atoms with Crippen LogP contribution in [0.15, 0.2) is 65.4 Å². The Morgan fingerprint density at radius 3 is 2.39 bits per heavy atom. The molecule has 1 atom stereocenters. The molecule has 1 N–H and O–H groups in total. The molecule has 1 saturated carbocycles. The van der Waals surface area contributed by atoms with Gasteiger partial charge in [-0.05, 0) is 47.7 Å². The first kappa shape index (κ1) is 21.8. The maximum absolute atomic E-state index is 13.5. The van der Waals surface area contributed by atoms with Crippen molar-refractivity contribution in [3.05, 3.63) is 80.7 Å². The lowest BCUT2D eigenvalue weighted by Crippen LogP contribution is -2.47. The number of rotatable bonds is 9. The van der Waals surface area contributed by atoms with Gasteiger partial charge in [-0.25, -0.2) is 0 Å². The zero-order valence-electron chi connectivity index (χ0n) is 17.5. The molecule has 4 rings (SSSR count). The van der Waals surface area contributed by atoms with Gasteiger partial charge in [-0.3, -0.25) is 9.59 Å². The van der Waals surface area contributed by atoms with Gasteiger partial charge in [-0.1, -0.05) is 55.3 Å². The van der Waals surface area contributed by atoms with Gasteiger partial charge in [0.2, 0.25) is 11.8 Å². The number of carbonyl (C=O) groups is 2. The van der Waals surface area contributed by atoms with E-state index in [0.717, 1.165) is 47.4 Å². The molecular formula is C25H28N2O2S2. The zero-order chi connectivity index (χ0) is 21.5. The van der Waals surface area contributed by atoms with E-state index in [1.807, 2.05) is 53.2 Å². The van der Waals surface area contributed by atoms with Gasteiger partial charge in [0.15, 0.2) is 0 Å². The van der Waals surface area contributed by atoms with Gasteiger partial charge in [-0.2, -0.15) is 0 Å². The molecule has 1 unspecified atom stereocenters. The smallest absolute Gasteiger partial charge is 0.248 e. The van der Waals surface area contributed by atoms with Crippen molar-refractivity contribution in [1.29, 1.82) is 0 Å². The van der Waals surface area contributed by atoms with E-state index in [1.54, 1.807) is 27.6 Å². The van der Waals surface area contributed by atoms with Crippen LogP contribution in [0, 0.1) is 0 Å². The summed E-state index contributed by atoms with van der Waals surface area (Å²) < 4.78 is 0. The third kappa shape index (κ3) is 5.83. The molecule has 1 aromatic carbocycles. The topological polar surface area (TPSA) is 49.4 Å². The molecule has 162 valence electrons. The summed E-state index contributed by atoms with van der Waals surface area (Å²) in [5.41, 5.74) is 1.16. The molecule has 4 nitrogen and oxygen atoms in total. The lowest BCUT2D eigenvalue weighted by molar-refractivity contribution is -0.140. The number of hydrogen-bond donors (Lipinski definition) is 1. The maximum Gasteiger partial charge on any atom is 0.248 e. The molecule has 0 aliphatic heterocycles. The number of amides is 2. The lowest BCUT2D eigenvalue weighted by atomic mass is 10.1. The van der Waals surface area contributed by atoms with Crippen molar-refractivity contribution in [3.8, 4) is 0 Å². The highest BCUT2D eigenvalue weighted by Gasteiger charge is 2.33. The van der Waals surface area contributed by atoms with Crippen LogP contribution in [-0.4, -0.2) is 29.3 Å².